The lowest BCUT2D eigenvalue weighted by molar-refractivity contribution is 0.582. The molecule has 0 fully saturated rings. The highest BCUT2D eigenvalue weighted by atomic mass is 79.9. The number of benzene rings is 2. The SMILES string of the molecule is O=S(=O)(Nc1c(F)cc(Br)cc1F)c1cc(Cl)cc(Cl)c1. The summed E-state index contributed by atoms with van der Waals surface area (Å²) in [6.07, 6.45) is 0. The molecule has 0 aromatic heterocycles. The van der Waals surface area contributed by atoms with E-state index in [0.717, 1.165) is 24.3 Å². The van der Waals surface area contributed by atoms with Crippen molar-refractivity contribution in [3.05, 3.63) is 56.5 Å². The van der Waals surface area contributed by atoms with Gasteiger partial charge in [0.2, 0.25) is 0 Å². The van der Waals surface area contributed by atoms with Gasteiger partial charge in [0.1, 0.15) is 5.69 Å². The predicted molar refractivity (Wildman–Crippen MR) is 81.3 cm³/mol. The van der Waals surface area contributed by atoms with Crippen LogP contribution >= 0.6 is 39.1 Å². The van der Waals surface area contributed by atoms with E-state index in [9.17, 15) is 17.2 Å². The van der Waals surface area contributed by atoms with Crippen LogP contribution in [0.15, 0.2) is 39.7 Å². The molecule has 0 amide bonds. The molecule has 0 heterocycles. The van der Waals surface area contributed by atoms with E-state index in [1.54, 1.807) is 0 Å². The molecule has 0 saturated carbocycles. The van der Waals surface area contributed by atoms with Crippen molar-refractivity contribution in [2.24, 2.45) is 0 Å². The topological polar surface area (TPSA) is 46.2 Å². The van der Waals surface area contributed by atoms with Gasteiger partial charge in [0, 0.05) is 14.5 Å². The summed E-state index contributed by atoms with van der Waals surface area (Å²) in [4.78, 5) is -0.304. The second-order valence-electron chi connectivity index (χ2n) is 3.96. The molecular weight excluding hydrogens is 411 g/mol. The first kappa shape index (κ1) is 16.5. The standard InChI is InChI=1S/C12H6BrCl2F2NO2S/c13-6-1-10(16)12(11(17)2-6)18-21(19,20)9-4-7(14)3-8(15)5-9/h1-5,18H. The summed E-state index contributed by atoms with van der Waals surface area (Å²) in [5, 5.41) is 0.166. The Morgan fingerprint density at radius 1 is 0.952 bits per heavy atom. The molecule has 2 aromatic carbocycles. The van der Waals surface area contributed by atoms with Crippen LogP contribution in [0.5, 0.6) is 0 Å². The molecule has 0 aliphatic heterocycles. The monoisotopic (exact) mass is 415 g/mol. The van der Waals surface area contributed by atoms with E-state index in [1.807, 2.05) is 4.72 Å². The van der Waals surface area contributed by atoms with Crippen LogP contribution in [0.4, 0.5) is 14.5 Å². The van der Waals surface area contributed by atoms with Gasteiger partial charge in [0.05, 0.1) is 4.90 Å². The maximum atomic E-state index is 13.7. The van der Waals surface area contributed by atoms with Crippen LogP contribution in [0.3, 0.4) is 0 Å². The third-order valence-corrected chi connectivity index (χ3v) is 4.61. The third-order valence-electron chi connectivity index (χ3n) is 2.39. The van der Waals surface area contributed by atoms with Gasteiger partial charge >= 0.3 is 0 Å². The lowest BCUT2D eigenvalue weighted by Crippen LogP contribution is -2.15. The number of nitrogens with one attached hydrogen (secondary N) is 1. The summed E-state index contributed by atoms with van der Waals surface area (Å²) in [5.41, 5.74) is -0.783. The number of hydrogen-bond acceptors (Lipinski definition) is 2. The Labute approximate surface area is 138 Å². The van der Waals surface area contributed by atoms with Crippen molar-refractivity contribution in [3.8, 4) is 0 Å². The zero-order valence-electron chi connectivity index (χ0n) is 10.0. The average Bonchev–Trinajstić information content (AvgIpc) is 2.32. The van der Waals surface area contributed by atoms with Crippen molar-refractivity contribution in [3.63, 3.8) is 0 Å². The minimum Gasteiger partial charge on any atom is -0.274 e. The second kappa shape index (κ2) is 6.08. The molecular formula is C12H6BrCl2F2NO2S. The van der Waals surface area contributed by atoms with Crippen molar-refractivity contribution >= 4 is 54.8 Å². The first-order valence-corrected chi connectivity index (χ1v) is 8.36. The summed E-state index contributed by atoms with van der Waals surface area (Å²) < 4.78 is 53.6. The van der Waals surface area contributed by atoms with E-state index in [1.165, 1.54) is 6.07 Å². The van der Waals surface area contributed by atoms with Gasteiger partial charge in [-0.3, -0.25) is 4.72 Å². The zero-order chi connectivity index (χ0) is 15.8. The first-order chi connectivity index (χ1) is 9.69. The van der Waals surface area contributed by atoms with Gasteiger partial charge < -0.3 is 0 Å². The third kappa shape index (κ3) is 3.85. The molecule has 0 atom stereocenters. The number of sulfonamides is 1. The second-order valence-corrected chi connectivity index (χ2v) is 7.43. The first-order valence-electron chi connectivity index (χ1n) is 5.32. The van der Waals surface area contributed by atoms with Crippen LogP contribution in [0.25, 0.3) is 0 Å². The fourth-order valence-electron chi connectivity index (χ4n) is 1.52. The minimum atomic E-state index is -4.23. The maximum absolute atomic E-state index is 13.7. The van der Waals surface area contributed by atoms with E-state index >= 15 is 0 Å². The average molecular weight is 417 g/mol. The van der Waals surface area contributed by atoms with Crippen molar-refractivity contribution in [2.45, 2.75) is 4.90 Å². The van der Waals surface area contributed by atoms with Crippen LogP contribution in [-0.4, -0.2) is 8.42 Å². The van der Waals surface area contributed by atoms with E-state index < -0.39 is 27.3 Å². The molecule has 9 heteroatoms. The molecule has 112 valence electrons. The number of anilines is 1. The number of rotatable bonds is 3. The Bertz CT molecular complexity index is 772. The molecule has 2 rings (SSSR count). The van der Waals surface area contributed by atoms with E-state index in [4.69, 9.17) is 23.2 Å². The Morgan fingerprint density at radius 3 is 1.90 bits per heavy atom. The van der Waals surface area contributed by atoms with E-state index in [0.29, 0.717) is 0 Å². The summed E-state index contributed by atoms with van der Waals surface area (Å²) in [6.45, 7) is 0. The highest BCUT2D eigenvalue weighted by Crippen LogP contribution is 2.28. The molecule has 3 nitrogen and oxygen atoms in total. The highest BCUT2D eigenvalue weighted by Gasteiger charge is 2.20. The smallest absolute Gasteiger partial charge is 0.262 e. The lowest BCUT2D eigenvalue weighted by Gasteiger charge is -2.11. The molecule has 0 unspecified atom stereocenters. The van der Waals surface area contributed by atoms with Crippen LogP contribution in [0, 0.1) is 11.6 Å². The molecule has 0 aliphatic carbocycles. The molecule has 0 aliphatic rings. The fraction of sp³-hybridized carbons (Fsp3) is 0. The normalized spacial score (nSPS) is 11.5. The van der Waals surface area contributed by atoms with Crippen LogP contribution < -0.4 is 4.72 Å². The van der Waals surface area contributed by atoms with Gasteiger partial charge in [-0.2, -0.15) is 0 Å². The largest absolute Gasteiger partial charge is 0.274 e. The van der Waals surface area contributed by atoms with Crippen molar-refractivity contribution in [2.75, 3.05) is 4.72 Å². The molecule has 0 saturated heterocycles. The van der Waals surface area contributed by atoms with E-state index in [2.05, 4.69) is 15.9 Å². The summed E-state index contributed by atoms with van der Waals surface area (Å²) in [7, 11) is -4.23. The predicted octanol–water partition coefficient (Wildman–Crippen LogP) is 4.83. The van der Waals surface area contributed by atoms with E-state index in [-0.39, 0.29) is 19.4 Å². The quantitative estimate of drug-likeness (QED) is 0.778. The van der Waals surface area contributed by atoms with Crippen molar-refractivity contribution in [1.82, 2.24) is 0 Å². The number of halogens is 5. The number of hydrogen-bond donors (Lipinski definition) is 1. The molecule has 0 bridgehead atoms. The van der Waals surface area contributed by atoms with Gasteiger partial charge in [0.25, 0.3) is 10.0 Å². The molecule has 21 heavy (non-hydrogen) atoms. The zero-order valence-corrected chi connectivity index (χ0v) is 13.9. The van der Waals surface area contributed by atoms with Crippen LogP contribution in [0.1, 0.15) is 0 Å². The summed E-state index contributed by atoms with van der Waals surface area (Å²) in [5.74, 6) is -2.11. The highest BCUT2D eigenvalue weighted by molar-refractivity contribution is 9.10. The lowest BCUT2D eigenvalue weighted by atomic mass is 10.3. The van der Waals surface area contributed by atoms with Crippen LogP contribution in [-0.2, 0) is 10.0 Å². The minimum absolute atomic E-state index is 0.0830. The van der Waals surface area contributed by atoms with Crippen LogP contribution in [0.2, 0.25) is 10.0 Å². The molecule has 0 spiro atoms. The summed E-state index contributed by atoms with van der Waals surface area (Å²) in [6, 6.07) is 5.44. The van der Waals surface area contributed by atoms with Gasteiger partial charge in [-0.15, -0.1) is 0 Å². The molecule has 2 aromatic rings. The van der Waals surface area contributed by atoms with Gasteiger partial charge in [0.15, 0.2) is 11.6 Å². The Balaban J connectivity index is 2.47. The van der Waals surface area contributed by atoms with Crippen molar-refractivity contribution < 1.29 is 17.2 Å². The van der Waals surface area contributed by atoms with Gasteiger partial charge in [-0.1, -0.05) is 39.1 Å². The fourth-order valence-corrected chi connectivity index (χ4v) is 3.72. The Morgan fingerprint density at radius 2 is 1.43 bits per heavy atom. The van der Waals surface area contributed by atoms with Crippen molar-refractivity contribution in [1.29, 1.82) is 0 Å². The Hall–Kier alpha value is -0.890. The van der Waals surface area contributed by atoms with Gasteiger partial charge in [-0.05, 0) is 30.3 Å². The molecule has 0 radical (unpaired) electrons. The summed E-state index contributed by atoms with van der Waals surface area (Å²) >= 11 is 14.3. The molecule has 1 N–H and O–H groups in total. The Kier molecular flexibility index (Phi) is 4.77. The van der Waals surface area contributed by atoms with Gasteiger partial charge in [-0.25, -0.2) is 17.2 Å². The maximum Gasteiger partial charge on any atom is 0.262 e.